The van der Waals surface area contributed by atoms with Gasteiger partial charge in [0.15, 0.2) is 0 Å². The Kier molecular flexibility index (Phi) is 4.62. The minimum atomic E-state index is -0.227. The highest BCUT2D eigenvalue weighted by atomic mass is 79.9. The Morgan fingerprint density at radius 3 is 1.59 bits per heavy atom. The van der Waals surface area contributed by atoms with Crippen LogP contribution in [0.4, 0.5) is 0 Å². The van der Waals surface area contributed by atoms with Crippen molar-refractivity contribution in [1.82, 2.24) is 5.32 Å². The van der Waals surface area contributed by atoms with Gasteiger partial charge in [-0.2, -0.15) is 0 Å². The lowest BCUT2D eigenvalue weighted by atomic mass is 9.81. The van der Waals surface area contributed by atoms with E-state index in [9.17, 15) is 10.2 Å². The molecular weight excluding hydrogens is 494 g/mol. The van der Waals surface area contributed by atoms with Gasteiger partial charge in [-0.15, -0.1) is 0 Å². The summed E-state index contributed by atoms with van der Waals surface area (Å²) in [4.78, 5) is 0. The molecule has 1 aliphatic rings. The Morgan fingerprint density at radius 1 is 0.655 bits per heavy atom. The van der Waals surface area contributed by atoms with Crippen LogP contribution in [0.25, 0.3) is 10.8 Å². The summed E-state index contributed by atoms with van der Waals surface area (Å²) in [5, 5.41) is 27.2. The Morgan fingerprint density at radius 2 is 1.14 bits per heavy atom. The third-order valence-electron chi connectivity index (χ3n) is 5.50. The van der Waals surface area contributed by atoms with E-state index in [1.54, 1.807) is 12.1 Å². The SMILES string of the molecule is Oc1ccc2ccc(O)c3c2c1C(c1cccc(Br)c1)NC3c1cccc(Br)c1. The predicted octanol–water partition coefficient (Wildman–Crippen LogP) is 6.56. The highest BCUT2D eigenvalue weighted by Crippen LogP contribution is 2.48. The molecule has 5 rings (SSSR count). The highest BCUT2D eigenvalue weighted by molar-refractivity contribution is 9.10. The summed E-state index contributed by atoms with van der Waals surface area (Å²) in [5.41, 5.74) is 3.66. The zero-order valence-corrected chi connectivity index (χ0v) is 18.4. The van der Waals surface area contributed by atoms with Crippen molar-refractivity contribution in [3.05, 3.63) is 104 Å². The van der Waals surface area contributed by atoms with E-state index < -0.39 is 0 Å². The van der Waals surface area contributed by atoms with Crippen molar-refractivity contribution >= 4 is 42.6 Å². The van der Waals surface area contributed by atoms with Crippen LogP contribution in [0.5, 0.6) is 11.5 Å². The number of benzene rings is 4. The fourth-order valence-electron chi connectivity index (χ4n) is 4.27. The number of nitrogens with one attached hydrogen (secondary N) is 1. The normalized spacial score (nSPS) is 18.1. The largest absolute Gasteiger partial charge is 0.508 e. The van der Waals surface area contributed by atoms with Crippen LogP contribution in [0.3, 0.4) is 0 Å². The van der Waals surface area contributed by atoms with Gasteiger partial charge in [0.05, 0.1) is 12.1 Å². The number of hydrogen-bond donors (Lipinski definition) is 3. The van der Waals surface area contributed by atoms with Crippen molar-refractivity contribution in [1.29, 1.82) is 0 Å². The first-order chi connectivity index (χ1) is 14.0. The molecule has 1 aliphatic heterocycles. The van der Waals surface area contributed by atoms with Crippen LogP contribution in [-0.4, -0.2) is 10.2 Å². The zero-order chi connectivity index (χ0) is 20.1. The van der Waals surface area contributed by atoms with Gasteiger partial charge in [-0.3, -0.25) is 5.32 Å². The van der Waals surface area contributed by atoms with E-state index in [-0.39, 0.29) is 23.6 Å². The van der Waals surface area contributed by atoms with E-state index in [1.807, 2.05) is 48.5 Å². The molecule has 0 aliphatic carbocycles. The van der Waals surface area contributed by atoms with Gasteiger partial charge in [0, 0.05) is 20.1 Å². The predicted molar refractivity (Wildman–Crippen MR) is 122 cm³/mol. The molecule has 4 aromatic carbocycles. The topological polar surface area (TPSA) is 52.5 Å². The van der Waals surface area contributed by atoms with Gasteiger partial charge in [0.25, 0.3) is 0 Å². The second-order valence-corrected chi connectivity index (χ2v) is 9.07. The van der Waals surface area contributed by atoms with Crippen LogP contribution in [0.1, 0.15) is 34.3 Å². The summed E-state index contributed by atoms with van der Waals surface area (Å²) >= 11 is 7.12. The Bertz CT molecular complexity index is 1160. The smallest absolute Gasteiger partial charge is 0.121 e. The first-order valence-electron chi connectivity index (χ1n) is 9.27. The van der Waals surface area contributed by atoms with Crippen molar-refractivity contribution in [3.8, 4) is 11.5 Å². The summed E-state index contributed by atoms with van der Waals surface area (Å²) in [6.45, 7) is 0. The number of phenolic OH excluding ortho intramolecular Hbond substituents is 2. The highest BCUT2D eigenvalue weighted by Gasteiger charge is 2.34. The monoisotopic (exact) mass is 509 g/mol. The fraction of sp³-hybridized carbons (Fsp3) is 0.0833. The first kappa shape index (κ1) is 18.7. The Labute approximate surface area is 185 Å². The number of rotatable bonds is 2. The third-order valence-corrected chi connectivity index (χ3v) is 6.48. The summed E-state index contributed by atoms with van der Waals surface area (Å²) in [5.74, 6) is 0.434. The van der Waals surface area contributed by atoms with Crippen LogP contribution in [0, 0.1) is 0 Å². The molecule has 3 N–H and O–H groups in total. The molecule has 0 spiro atoms. The van der Waals surface area contributed by atoms with Gasteiger partial charge in [-0.1, -0.05) is 68.3 Å². The van der Waals surface area contributed by atoms with Gasteiger partial charge >= 0.3 is 0 Å². The summed E-state index contributed by atoms with van der Waals surface area (Å²) in [7, 11) is 0. The zero-order valence-electron chi connectivity index (χ0n) is 15.2. The van der Waals surface area contributed by atoms with Crippen LogP contribution >= 0.6 is 31.9 Å². The summed E-state index contributed by atoms with van der Waals surface area (Å²) in [6, 6.07) is 23.0. The van der Waals surface area contributed by atoms with E-state index >= 15 is 0 Å². The van der Waals surface area contributed by atoms with Gasteiger partial charge < -0.3 is 10.2 Å². The average molecular weight is 511 g/mol. The number of hydrogen-bond acceptors (Lipinski definition) is 3. The Balaban J connectivity index is 1.85. The van der Waals surface area contributed by atoms with Crippen molar-refractivity contribution in [3.63, 3.8) is 0 Å². The summed E-state index contributed by atoms with van der Waals surface area (Å²) in [6.07, 6.45) is 0. The molecule has 0 saturated carbocycles. The average Bonchev–Trinajstić information content (AvgIpc) is 2.71. The summed E-state index contributed by atoms with van der Waals surface area (Å²) < 4.78 is 1.95. The lowest BCUT2D eigenvalue weighted by molar-refractivity contribution is 0.432. The number of aromatic hydroxyl groups is 2. The second-order valence-electron chi connectivity index (χ2n) is 7.24. The van der Waals surface area contributed by atoms with E-state index in [2.05, 4.69) is 49.3 Å². The molecule has 1 heterocycles. The van der Waals surface area contributed by atoms with E-state index in [1.165, 1.54) is 0 Å². The molecule has 0 aromatic heterocycles. The van der Waals surface area contributed by atoms with Crippen LogP contribution in [-0.2, 0) is 0 Å². The van der Waals surface area contributed by atoms with Crippen molar-refractivity contribution < 1.29 is 10.2 Å². The fourth-order valence-corrected chi connectivity index (χ4v) is 5.10. The maximum atomic E-state index is 10.8. The van der Waals surface area contributed by atoms with E-state index in [4.69, 9.17) is 0 Å². The quantitative estimate of drug-likeness (QED) is 0.286. The molecule has 5 heteroatoms. The van der Waals surface area contributed by atoms with Gasteiger partial charge in [0.2, 0.25) is 0 Å². The molecule has 0 radical (unpaired) electrons. The maximum absolute atomic E-state index is 10.8. The molecule has 4 aromatic rings. The van der Waals surface area contributed by atoms with E-state index in [0.717, 1.165) is 42.0 Å². The second kappa shape index (κ2) is 7.17. The standard InChI is InChI=1S/C24H17Br2NO2/c25-16-5-1-3-14(11-16)23-21-18(28)9-7-13-8-10-19(29)22(20(13)21)24(27-23)15-4-2-6-17(26)12-15/h1-12,23-24,27-29H. The van der Waals surface area contributed by atoms with Gasteiger partial charge in [-0.05, 0) is 58.3 Å². The number of phenols is 2. The third kappa shape index (κ3) is 3.14. The molecule has 3 nitrogen and oxygen atoms in total. The van der Waals surface area contributed by atoms with Crippen LogP contribution in [0.15, 0.2) is 81.7 Å². The van der Waals surface area contributed by atoms with E-state index in [0.29, 0.717) is 0 Å². The van der Waals surface area contributed by atoms with Crippen LogP contribution in [0.2, 0.25) is 0 Å². The van der Waals surface area contributed by atoms with Crippen molar-refractivity contribution in [2.24, 2.45) is 0 Å². The maximum Gasteiger partial charge on any atom is 0.121 e. The first-order valence-corrected chi connectivity index (χ1v) is 10.9. The van der Waals surface area contributed by atoms with Gasteiger partial charge in [-0.25, -0.2) is 0 Å². The minimum Gasteiger partial charge on any atom is -0.508 e. The lowest BCUT2D eigenvalue weighted by Gasteiger charge is -2.35. The number of halogens is 2. The lowest BCUT2D eigenvalue weighted by Crippen LogP contribution is -2.32. The Hall–Kier alpha value is -2.34. The molecule has 0 fully saturated rings. The van der Waals surface area contributed by atoms with Crippen LogP contribution < -0.4 is 5.32 Å². The molecule has 144 valence electrons. The molecule has 0 bridgehead atoms. The van der Waals surface area contributed by atoms with Crippen molar-refractivity contribution in [2.75, 3.05) is 0 Å². The molecule has 2 atom stereocenters. The molecule has 2 unspecified atom stereocenters. The molecular formula is C24H17Br2NO2. The minimum absolute atomic E-state index is 0.217. The molecule has 0 amide bonds. The molecule has 0 saturated heterocycles. The van der Waals surface area contributed by atoms with Gasteiger partial charge in [0.1, 0.15) is 11.5 Å². The van der Waals surface area contributed by atoms with Crippen molar-refractivity contribution in [2.45, 2.75) is 12.1 Å². The molecule has 29 heavy (non-hydrogen) atoms.